The Morgan fingerprint density at radius 1 is 1.35 bits per heavy atom. The van der Waals surface area contributed by atoms with Gasteiger partial charge in [0.25, 0.3) is 0 Å². The Morgan fingerprint density at radius 2 is 2.15 bits per heavy atom. The molecule has 0 amide bonds. The van der Waals surface area contributed by atoms with Gasteiger partial charge in [-0.1, -0.05) is 19.1 Å². The van der Waals surface area contributed by atoms with Gasteiger partial charge >= 0.3 is 0 Å². The fourth-order valence-electron chi connectivity index (χ4n) is 2.33. The van der Waals surface area contributed by atoms with Crippen molar-refractivity contribution in [1.82, 2.24) is 5.32 Å². The molecule has 0 aliphatic carbocycles. The quantitative estimate of drug-likeness (QED) is 0.793. The molecule has 1 heterocycles. The van der Waals surface area contributed by atoms with E-state index in [4.69, 9.17) is 14.2 Å². The zero-order chi connectivity index (χ0) is 14.2. The van der Waals surface area contributed by atoms with E-state index in [9.17, 15) is 0 Å². The molecular weight excluding hydrogens is 254 g/mol. The van der Waals surface area contributed by atoms with Gasteiger partial charge in [-0.05, 0) is 30.7 Å². The van der Waals surface area contributed by atoms with Gasteiger partial charge in [0.2, 0.25) is 0 Å². The summed E-state index contributed by atoms with van der Waals surface area (Å²) in [7, 11) is 1.68. The third-order valence-electron chi connectivity index (χ3n) is 3.62. The minimum absolute atomic E-state index is 0.0847. The summed E-state index contributed by atoms with van der Waals surface area (Å²) in [5, 5.41) is 3.36. The van der Waals surface area contributed by atoms with Crippen LogP contribution in [-0.4, -0.2) is 40.0 Å². The molecule has 1 N–H and O–H groups in total. The Balaban J connectivity index is 1.93. The highest BCUT2D eigenvalue weighted by molar-refractivity contribution is 5.28. The van der Waals surface area contributed by atoms with Crippen molar-refractivity contribution in [3.8, 4) is 5.75 Å². The fourth-order valence-corrected chi connectivity index (χ4v) is 2.33. The topological polar surface area (TPSA) is 39.7 Å². The Morgan fingerprint density at radius 3 is 2.75 bits per heavy atom. The summed E-state index contributed by atoms with van der Waals surface area (Å²) in [6.45, 7) is 6.35. The Bertz CT molecular complexity index is 374. The Kier molecular flexibility index (Phi) is 6.30. The molecule has 112 valence electrons. The molecule has 0 saturated carbocycles. The molecular formula is C16H25NO3. The largest absolute Gasteiger partial charge is 0.497 e. The van der Waals surface area contributed by atoms with Gasteiger partial charge in [-0.3, -0.25) is 0 Å². The summed E-state index contributed by atoms with van der Waals surface area (Å²) in [5.41, 5.74) is 1.19. The molecule has 1 aromatic rings. The number of ether oxygens (including phenoxy) is 3. The second-order valence-electron chi connectivity index (χ2n) is 5.13. The highest BCUT2D eigenvalue weighted by Crippen LogP contribution is 2.22. The lowest BCUT2D eigenvalue weighted by Gasteiger charge is -2.20. The molecule has 1 saturated heterocycles. The van der Waals surface area contributed by atoms with Gasteiger partial charge in [-0.25, -0.2) is 0 Å². The molecule has 2 unspecified atom stereocenters. The van der Waals surface area contributed by atoms with Crippen molar-refractivity contribution < 1.29 is 14.2 Å². The van der Waals surface area contributed by atoms with Crippen LogP contribution < -0.4 is 10.1 Å². The second kappa shape index (κ2) is 8.25. The van der Waals surface area contributed by atoms with E-state index in [-0.39, 0.29) is 6.10 Å². The van der Waals surface area contributed by atoms with Crippen molar-refractivity contribution in [1.29, 1.82) is 0 Å². The molecule has 2 atom stereocenters. The summed E-state index contributed by atoms with van der Waals surface area (Å²) in [6, 6.07) is 8.12. The number of nitrogens with one attached hydrogen (secondary N) is 1. The van der Waals surface area contributed by atoms with E-state index in [1.165, 1.54) is 5.56 Å². The van der Waals surface area contributed by atoms with Crippen LogP contribution in [-0.2, 0) is 9.47 Å². The smallest absolute Gasteiger partial charge is 0.118 e. The van der Waals surface area contributed by atoms with Gasteiger partial charge in [-0.15, -0.1) is 0 Å². The molecule has 2 rings (SSSR count). The summed E-state index contributed by atoms with van der Waals surface area (Å²) >= 11 is 0. The van der Waals surface area contributed by atoms with Gasteiger partial charge in [-0.2, -0.15) is 0 Å². The third kappa shape index (κ3) is 4.47. The van der Waals surface area contributed by atoms with Crippen LogP contribution >= 0.6 is 0 Å². The van der Waals surface area contributed by atoms with Crippen LogP contribution in [0.25, 0.3) is 0 Å². The molecule has 0 spiro atoms. The summed E-state index contributed by atoms with van der Waals surface area (Å²) in [4.78, 5) is 0. The van der Waals surface area contributed by atoms with Gasteiger partial charge in [0.05, 0.1) is 26.4 Å². The molecule has 20 heavy (non-hydrogen) atoms. The van der Waals surface area contributed by atoms with E-state index in [1.807, 2.05) is 12.1 Å². The van der Waals surface area contributed by atoms with E-state index in [0.717, 1.165) is 45.1 Å². The lowest BCUT2D eigenvalue weighted by molar-refractivity contribution is 0.0256. The predicted octanol–water partition coefficient (Wildman–Crippen LogP) is 2.40. The van der Waals surface area contributed by atoms with Crippen molar-refractivity contribution in [3.63, 3.8) is 0 Å². The second-order valence-corrected chi connectivity index (χ2v) is 5.13. The standard InChI is InChI=1S/C16H25NO3/c1-3-17-10-16(20-12-13-8-9-19-11-13)14-4-6-15(18-2)7-5-14/h4-7,13,16-17H,3,8-12H2,1-2H3. The van der Waals surface area contributed by atoms with Crippen LogP contribution in [0.2, 0.25) is 0 Å². The first-order chi connectivity index (χ1) is 9.83. The highest BCUT2D eigenvalue weighted by atomic mass is 16.5. The number of methoxy groups -OCH3 is 1. The molecule has 1 aliphatic heterocycles. The van der Waals surface area contributed by atoms with E-state index in [2.05, 4.69) is 24.4 Å². The molecule has 1 aliphatic rings. The highest BCUT2D eigenvalue weighted by Gasteiger charge is 2.19. The number of rotatable bonds is 8. The molecule has 0 bridgehead atoms. The Hall–Kier alpha value is -1.10. The summed E-state index contributed by atoms with van der Waals surface area (Å²) in [5.74, 6) is 1.41. The maximum Gasteiger partial charge on any atom is 0.118 e. The molecule has 1 aromatic carbocycles. The van der Waals surface area contributed by atoms with Crippen LogP contribution in [0.15, 0.2) is 24.3 Å². The van der Waals surface area contributed by atoms with Crippen LogP contribution in [0.4, 0.5) is 0 Å². The van der Waals surface area contributed by atoms with Crippen molar-refractivity contribution in [2.45, 2.75) is 19.4 Å². The average molecular weight is 279 g/mol. The molecule has 1 fully saturated rings. The zero-order valence-electron chi connectivity index (χ0n) is 12.4. The van der Waals surface area contributed by atoms with Crippen LogP contribution in [0, 0.1) is 5.92 Å². The normalized spacial score (nSPS) is 20.0. The minimum Gasteiger partial charge on any atom is -0.497 e. The zero-order valence-corrected chi connectivity index (χ0v) is 12.4. The fraction of sp³-hybridized carbons (Fsp3) is 0.625. The SMILES string of the molecule is CCNCC(OCC1CCOC1)c1ccc(OC)cc1. The first-order valence-electron chi connectivity index (χ1n) is 7.37. The number of hydrogen-bond donors (Lipinski definition) is 1. The minimum atomic E-state index is 0.0847. The van der Waals surface area contributed by atoms with Crippen LogP contribution in [0.5, 0.6) is 5.75 Å². The van der Waals surface area contributed by atoms with E-state index < -0.39 is 0 Å². The first-order valence-corrected chi connectivity index (χ1v) is 7.37. The lowest BCUT2D eigenvalue weighted by atomic mass is 10.1. The van der Waals surface area contributed by atoms with Crippen molar-refractivity contribution >= 4 is 0 Å². The average Bonchev–Trinajstić information content (AvgIpc) is 3.01. The van der Waals surface area contributed by atoms with E-state index in [1.54, 1.807) is 7.11 Å². The predicted molar refractivity (Wildman–Crippen MR) is 79.2 cm³/mol. The van der Waals surface area contributed by atoms with Gasteiger partial charge in [0.1, 0.15) is 5.75 Å². The van der Waals surface area contributed by atoms with Crippen LogP contribution in [0.3, 0.4) is 0 Å². The number of hydrogen-bond acceptors (Lipinski definition) is 4. The molecule has 0 radical (unpaired) electrons. The van der Waals surface area contributed by atoms with Crippen molar-refractivity contribution in [2.24, 2.45) is 5.92 Å². The summed E-state index contributed by atoms with van der Waals surface area (Å²) < 4.78 is 16.7. The summed E-state index contributed by atoms with van der Waals surface area (Å²) in [6.07, 6.45) is 1.19. The maximum atomic E-state index is 6.10. The van der Waals surface area contributed by atoms with E-state index >= 15 is 0 Å². The number of benzene rings is 1. The van der Waals surface area contributed by atoms with Crippen molar-refractivity contribution in [3.05, 3.63) is 29.8 Å². The van der Waals surface area contributed by atoms with Crippen LogP contribution in [0.1, 0.15) is 25.0 Å². The molecule has 0 aromatic heterocycles. The van der Waals surface area contributed by atoms with Crippen molar-refractivity contribution in [2.75, 3.05) is 40.0 Å². The van der Waals surface area contributed by atoms with Gasteiger partial charge < -0.3 is 19.5 Å². The van der Waals surface area contributed by atoms with E-state index in [0.29, 0.717) is 5.92 Å². The number of likely N-dealkylation sites (N-methyl/N-ethyl adjacent to an activating group) is 1. The first kappa shape index (κ1) is 15.3. The monoisotopic (exact) mass is 279 g/mol. The maximum absolute atomic E-state index is 6.10. The van der Waals surface area contributed by atoms with Gasteiger partial charge in [0, 0.05) is 19.1 Å². The molecule has 4 heteroatoms. The van der Waals surface area contributed by atoms with Gasteiger partial charge in [0.15, 0.2) is 0 Å². The Labute approximate surface area is 121 Å². The third-order valence-corrected chi connectivity index (χ3v) is 3.62. The lowest BCUT2D eigenvalue weighted by Crippen LogP contribution is -2.25. The molecule has 4 nitrogen and oxygen atoms in total.